The number of hydrogen-bond donors (Lipinski definition) is 2. The van der Waals surface area contributed by atoms with Gasteiger partial charge in [0.1, 0.15) is 0 Å². The van der Waals surface area contributed by atoms with E-state index in [-0.39, 0.29) is 11.3 Å². The maximum Gasteiger partial charge on any atom is 0.154 e. The van der Waals surface area contributed by atoms with Crippen molar-refractivity contribution >= 4 is 9.84 Å². The molecule has 0 amide bonds. The first kappa shape index (κ1) is 12.9. The zero-order chi connectivity index (χ0) is 11.5. The summed E-state index contributed by atoms with van der Waals surface area (Å²) in [4.78, 5) is 0. The van der Waals surface area contributed by atoms with Gasteiger partial charge in [-0.3, -0.25) is 11.3 Å². The van der Waals surface area contributed by atoms with Gasteiger partial charge in [0, 0.05) is 6.04 Å². The van der Waals surface area contributed by atoms with Gasteiger partial charge < -0.3 is 0 Å². The van der Waals surface area contributed by atoms with E-state index in [1.165, 1.54) is 0 Å². The predicted molar refractivity (Wildman–Crippen MR) is 62.0 cm³/mol. The lowest BCUT2D eigenvalue weighted by Gasteiger charge is -2.33. The molecule has 0 aliphatic carbocycles. The van der Waals surface area contributed by atoms with E-state index in [4.69, 9.17) is 5.84 Å². The summed E-state index contributed by atoms with van der Waals surface area (Å²) in [6, 6.07) is -0.0969. The van der Waals surface area contributed by atoms with Crippen molar-refractivity contribution in [2.75, 3.05) is 5.75 Å². The molecule has 0 aromatic rings. The second kappa shape index (κ2) is 5.27. The van der Waals surface area contributed by atoms with Gasteiger partial charge in [0.15, 0.2) is 9.84 Å². The largest absolute Gasteiger partial charge is 0.271 e. The fraction of sp³-hybridized carbons (Fsp3) is 1.00. The second-order valence-electron chi connectivity index (χ2n) is 4.48. The molecular formula is C10H22N2O2S. The van der Waals surface area contributed by atoms with Crippen LogP contribution in [0.4, 0.5) is 0 Å². The van der Waals surface area contributed by atoms with Gasteiger partial charge in [0.25, 0.3) is 0 Å². The molecule has 3 unspecified atom stereocenters. The molecule has 0 aromatic carbocycles. The molecule has 3 atom stereocenters. The molecular weight excluding hydrogens is 212 g/mol. The fourth-order valence-electron chi connectivity index (χ4n) is 2.27. The summed E-state index contributed by atoms with van der Waals surface area (Å²) >= 11 is 0. The molecule has 0 saturated carbocycles. The first-order valence-corrected chi connectivity index (χ1v) is 7.42. The van der Waals surface area contributed by atoms with Gasteiger partial charge in [-0.25, -0.2) is 8.42 Å². The van der Waals surface area contributed by atoms with E-state index >= 15 is 0 Å². The van der Waals surface area contributed by atoms with Crippen LogP contribution in [0.15, 0.2) is 0 Å². The molecule has 5 heteroatoms. The van der Waals surface area contributed by atoms with Crippen LogP contribution in [0, 0.1) is 5.92 Å². The van der Waals surface area contributed by atoms with Crippen LogP contribution in [0.5, 0.6) is 0 Å². The van der Waals surface area contributed by atoms with Crippen LogP contribution >= 0.6 is 0 Å². The highest BCUT2D eigenvalue weighted by molar-refractivity contribution is 7.92. The molecule has 1 fully saturated rings. The van der Waals surface area contributed by atoms with Gasteiger partial charge in [-0.2, -0.15) is 0 Å². The Kier molecular flexibility index (Phi) is 4.55. The highest BCUT2D eigenvalue weighted by atomic mass is 32.2. The van der Waals surface area contributed by atoms with Crippen molar-refractivity contribution < 1.29 is 8.42 Å². The Balaban J connectivity index is 2.82. The molecule has 0 bridgehead atoms. The van der Waals surface area contributed by atoms with Crippen LogP contribution in [0.2, 0.25) is 0 Å². The molecule has 1 heterocycles. The SMILES string of the molecule is CCC(C)C(NN)C1CCCCS1(=O)=O. The normalized spacial score (nSPS) is 29.7. The van der Waals surface area contributed by atoms with Crippen LogP contribution < -0.4 is 11.3 Å². The lowest BCUT2D eigenvalue weighted by atomic mass is 9.94. The molecule has 0 spiro atoms. The number of nitrogens with one attached hydrogen (secondary N) is 1. The van der Waals surface area contributed by atoms with Crippen molar-refractivity contribution in [1.29, 1.82) is 0 Å². The van der Waals surface area contributed by atoms with Crippen LogP contribution in [0.1, 0.15) is 39.5 Å². The minimum absolute atomic E-state index is 0.0969. The monoisotopic (exact) mass is 234 g/mol. The summed E-state index contributed by atoms with van der Waals surface area (Å²) in [5.74, 6) is 6.11. The van der Waals surface area contributed by atoms with Crippen molar-refractivity contribution in [3.63, 3.8) is 0 Å². The van der Waals surface area contributed by atoms with E-state index in [2.05, 4.69) is 19.3 Å². The van der Waals surface area contributed by atoms with Crippen LogP contribution in [-0.4, -0.2) is 25.5 Å². The molecule has 1 aliphatic heterocycles. The summed E-state index contributed by atoms with van der Waals surface area (Å²) in [6.07, 6.45) is 3.50. The summed E-state index contributed by atoms with van der Waals surface area (Å²) in [5.41, 5.74) is 2.70. The third-order valence-electron chi connectivity index (χ3n) is 3.48. The maximum absolute atomic E-state index is 11.9. The van der Waals surface area contributed by atoms with Gasteiger partial charge in [0.05, 0.1) is 11.0 Å². The molecule has 90 valence electrons. The Morgan fingerprint density at radius 2 is 2.13 bits per heavy atom. The zero-order valence-electron chi connectivity index (χ0n) is 9.57. The quantitative estimate of drug-likeness (QED) is 0.558. The van der Waals surface area contributed by atoms with Crippen LogP contribution in [0.25, 0.3) is 0 Å². The summed E-state index contributed by atoms with van der Waals surface area (Å²) < 4.78 is 23.8. The van der Waals surface area contributed by atoms with E-state index in [1.807, 2.05) is 0 Å². The molecule has 0 radical (unpaired) electrons. The smallest absolute Gasteiger partial charge is 0.154 e. The summed E-state index contributed by atoms with van der Waals surface area (Å²) in [7, 11) is -2.93. The molecule has 1 aliphatic rings. The van der Waals surface area contributed by atoms with E-state index in [0.29, 0.717) is 11.7 Å². The standard InChI is InChI=1S/C10H22N2O2S/c1-3-8(2)10(12-11)9-6-4-5-7-15(9,13)14/h8-10,12H,3-7,11H2,1-2H3. The second-order valence-corrected chi connectivity index (χ2v) is 6.82. The topological polar surface area (TPSA) is 72.2 Å². The van der Waals surface area contributed by atoms with E-state index in [1.54, 1.807) is 0 Å². The van der Waals surface area contributed by atoms with E-state index in [9.17, 15) is 8.42 Å². The minimum Gasteiger partial charge on any atom is -0.271 e. The molecule has 3 N–H and O–H groups in total. The highest BCUT2D eigenvalue weighted by Crippen LogP contribution is 2.26. The van der Waals surface area contributed by atoms with Crippen molar-refractivity contribution in [3.8, 4) is 0 Å². The Hall–Kier alpha value is -0.130. The number of sulfone groups is 1. The number of rotatable bonds is 4. The van der Waals surface area contributed by atoms with Crippen molar-refractivity contribution in [3.05, 3.63) is 0 Å². The van der Waals surface area contributed by atoms with Crippen molar-refractivity contribution in [2.45, 2.75) is 50.8 Å². The Morgan fingerprint density at radius 3 is 2.60 bits per heavy atom. The maximum atomic E-state index is 11.9. The zero-order valence-corrected chi connectivity index (χ0v) is 10.4. The Labute approximate surface area is 92.5 Å². The van der Waals surface area contributed by atoms with E-state index in [0.717, 1.165) is 25.7 Å². The lowest BCUT2D eigenvalue weighted by molar-refractivity contribution is 0.337. The van der Waals surface area contributed by atoms with Gasteiger partial charge in [0.2, 0.25) is 0 Å². The van der Waals surface area contributed by atoms with Crippen molar-refractivity contribution in [1.82, 2.24) is 5.43 Å². The first-order valence-electron chi connectivity index (χ1n) is 5.70. The fourth-order valence-corrected chi connectivity index (χ4v) is 4.50. The Bertz CT molecular complexity index is 290. The molecule has 1 rings (SSSR count). The van der Waals surface area contributed by atoms with Crippen molar-refractivity contribution in [2.24, 2.45) is 11.8 Å². The van der Waals surface area contributed by atoms with Gasteiger partial charge in [-0.05, 0) is 18.8 Å². The molecule has 4 nitrogen and oxygen atoms in total. The number of hydrazine groups is 1. The van der Waals surface area contributed by atoms with Gasteiger partial charge in [-0.15, -0.1) is 0 Å². The van der Waals surface area contributed by atoms with Gasteiger partial charge in [-0.1, -0.05) is 26.7 Å². The lowest BCUT2D eigenvalue weighted by Crippen LogP contribution is -2.52. The minimum atomic E-state index is -2.93. The third-order valence-corrected chi connectivity index (χ3v) is 5.79. The van der Waals surface area contributed by atoms with E-state index < -0.39 is 9.84 Å². The highest BCUT2D eigenvalue weighted by Gasteiger charge is 2.36. The predicted octanol–water partition coefficient (Wildman–Crippen LogP) is 0.832. The van der Waals surface area contributed by atoms with Gasteiger partial charge >= 0.3 is 0 Å². The number of nitrogens with two attached hydrogens (primary N) is 1. The van der Waals surface area contributed by atoms with Crippen LogP contribution in [-0.2, 0) is 9.84 Å². The van der Waals surface area contributed by atoms with Crippen LogP contribution in [0.3, 0.4) is 0 Å². The number of hydrogen-bond acceptors (Lipinski definition) is 4. The first-order chi connectivity index (χ1) is 7.03. The molecule has 0 aromatic heterocycles. The average Bonchev–Trinajstić information content (AvgIpc) is 2.20. The molecule has 1 saturated heterocycles. The Morgan fingerprint density at radius 1 is 1.47 bits per heavy atom. The average molecular weight is 234 g/mol. The molecule has 15 heavy (non-hydrogen) atoms. The summed E-state index contributed by atoms with van der Waals surface area (Å²) in [6.45, 7) is 4.11. The summed E-state index contributed by atoms with van der Waals surface area (Å²) in [5, 5.41) is -0.286. The third kappa shape index (κ3) is 2.92.